The van der Waals surface area contributed by atoms with Crippen molar-refractivity contribution in [2.75, 3.05) is 5.32 Å². The van der Waals surface area contributed by atoms with Gasteiger partial charge in [-0.05, 0) is 48.5 Å². The van der Waals surface area contributed by atoms with E-state index >= 15 is 0 Å². The molecule has 2 aromatic rings. The molecule has 128 valence electrons. The zero-order valence-electron chi connectivity index (χ0n) is 12.9. The highest BCUT2D eigenvalue weighted by Gasteiger charge is 2.32. The zero-order chi connectivity index (χ0) is 17.8. The predicted octanol–water partition coefficient (Wildman–Crippen LogP) is 3.40. The lowest BCUT2D eigenvalue weighted by Gasteiger charge is -2.07. The van der Waals surface area contributed by atoms with Gasteiger partial charge in [0.15, 0.2) is 5.17 Å². The number of hydrogen-bond donors (Lipinski definition) is 3. The van der Waals surface area contributed by atoms with Crippen molar-refractivity contribution in [2.24, 2.45) is 4.99 Å². The van der Waals surface area contributed by atoms with Gasteiger partial charge < -0.3 is 15.7 Å². The highest BCUT2D eigenvalue weighted by Crippen LogP contribution is 2.26. The van der Waals surface area contributed by atoms with Gasteiger partial charge in [-0.2, -0.15) is 0 Å². The summed E-state index contributed by atoms with van der Waals surface area (Å²) in [6.45, 7) is 0. The number of nitrogens with zero attached hydrogens (tertiary/aromatic N) is 1. The van der Waals surface area contributed by atoms with Crippen molar-refractivity contribution in [3.8, 4) is 5.75 Å². The molecule has 0 unspecified atom stereocenters. The fraction of sp³-hybridized carbons (Fsp3) is 0.118. The minimum atomic E-state index is -0.522. The molecule has 2 amide bonds. The second-order valence-electron chi connectivity index (χ2n) is 5.29. The van der Waals surface area contributed by atoms with Crippen molar-refractivity contribution >= 4 is 56.0 Å². The second kappa shape index (κ2) is 7.71. The Morgan fingerprint density at radius 1 is 1.20 bits per heavy atom. The van der Waals surface area contributed by atoms with Gasteiger partial charge in [0.25, 0.3) is 0 Å². The number of thioether (sulfide) groups is 1. The van der Waals surface area contributed by atoms with Crippen molar-refractivity contribution in [1.29, 1.82) is 0 Å². The summed E-state index contributed by atoms with van der Waals surface area (Å²) < 4.78 is 0.923. The van der Waals surface area contributed by atoms with E-state index in [2.05, 4.69) is 31.6 Å². The van der Waals surface area contributed by atoms with Crippen molar-refractivity contribution in [2.45, 2.75) is 11.7 Å². The molecule has 8 heteroatoms. The first kappa shape index (κ1) is 17.5. The molecule has 1 aliphatic heterocycles. The molecule has 6 nitrogen and oxygen atoms in total. The molecule has 0 bridgehead atoms. The van der Waals surface area contributed by atoms with Gasteiger partial charge in [0.2, 0.25) is 11.8 Å². The van der Waals surface area contributed by atoms with Crippen LogP contribution in [0.4, 0.5) is 11.4 Å². The van der Waals surface area contributed by atoms with Gasteiger partial charge >= 0.3 is 0 Å². The number of carbonyl (C=O) groups is 2. The lowest BCUT2D eigenvalue weighted by molar-refractivity contribution is -0.122. The van der Waals surface area contributed by atoms with Gasteiger partial charge in [-0.15, -0.1) is 0 Å². The molecule has 0 aliphatic carbocycles. The molecule has 1 heterocycles. The molecule has 0 aromatic heterocycles. The summed E-state index contributed by atoms with van der Waals surface area (Å²) >= 11 is 4.55. The van der Waals surface area contributed by atoms with Crippen LogP contribution < -0.4 is 10.6 Å². The molecule has 25 heavy (non-hydrogen) atoms. The number of benzene rings is 2. The maximum atomic E-state index is 12.1. The predicted molar refractivity (Wildman–Crippen MR) is 102 cm³/mol. The quantitative estimate of drug-likeness (QED) is 0.707. The molecule has 0 spiro atoms. The third-order valence-corrected chi connectivity index (χ3v) is 4.97. The minimum Gasteiger partial charge on any atom is -0.508 e. The average Bonchev–Trinajstić information content (AvgIpc) is 2.91. The maximum absolute atomic E-state index is 12.1. The number of hydrogen-bond acceptors (Lipinski definition) is 5. The summed E-state index contributed by atoms with van der Waals surface area (Å²) in [6, 6.07) is 13.5. The summed E-state index contributed by atoms with van der Waals surface area (Å²) in [5, 5.41) is 14.6. The lowest BCUT2D eigenvalue weighted by atomic mass is 10.2. The summed E-state index contributed by atoms with van der Waals surface area (Å²) in [7, 11) is 0. The fourth-order valence-electron chi connectivity index (χ4n) is 2.15. The van der Waals surface area contributed by atoms with E-state index in [1.54, 1.807) is 24.3 Å². The normalized spacial score (nSPS) is 18.2. The van der Waals surface area contributed by atoms with Crippen LogP contribution in [-0.4, -0.2) is 27.3 Å². The van der Waals surface area contributed by atoms with Crippen molar-refractivity contribution in [3.05, 3.63) is 53.0 Å². The van der Waals surface area contributed by atoms with E-state index in [0.717, 1.165) is 4.47 Å². The smallest absolute Gasteiger partial charge is 0.240 e. The van der Waals surface area contributed by atoms with Gasteiger partial charge in [-0.1, -0.05) is 27.7 Å². The number of amidine groups is 1. The average molecular weight is 420 g/mol. The molecule has 2 aromatic carbocycles. The van der Waals surface area contributed by atoms with Gasteiger partial charge in [-0.25, -0.2) is 4.99 Å². The summed E-state index contributed by atoms with van der Waals surface area (Å²) in [6.07, 6.45) is 0.0567. The number of phenolic OH excluding ortho intramolecular Hbond substituents is 1. The van der Waals surface area contributed by atoms with Crippen LogP contribution in [0.3, 0.4) is 0 Å². The first-order valence-corrected chi connectivity index (χ1v) is 9.07. The van der Waals surface area contributed by atoms with Crippen molar-refractivity contribution in [3.63, 3.8) is 0 Å². The number of anilines is 1. The zero-order valence-corrected chi connectivity index (χ0v) is 15.3. The molecule has 0 radical (unpaired) electrons. The molecular weight excluding hydrogens is 406 g/mol. The Balaban J connectivity index is 1.59. The third kappa shape index (κ3) is 4.83. The largest absolute Gasteiger partial charge is 0.508 e. The van der Waals surface area contributed by atoms with Crippen LogP contribution in [-0.2, 0) is 9.59 Å². The van der Waals surface area contributed by atoms with Crippen LogP contribution >= 0.6 is 27.7 Å². The Hall–Kier alpha value is -2.32. The van der Waals surface area contributed by atoms with E-state index in [1.807, 2.05) is 12.1 Å². The fourth-order valence-corrected chi connectivity index (χ4v) is 3.40. The molecule has 1 aliphatic rings. The van der Waals surface area contributed by atoms with Gasteiger partial charge in [-0.3, -0.25) is 9.59 Å². The lowest BCUT2D eigenvalue weighted by Crippen LogP contribution is -2.28. The Kier molecular flexibility index (Phi) is 5.40. The number of nitrogens with one attached hydrogen (secondary N) is 2. The number of halogens is 1. The SMILES string of the molecule is O=C(C[C@H]1SC(=Nc2ccc(O)cc2)NC1=O)Nc1ccc(Br)cc1. The van der Waals surface area contributed by atoms with Crippen LogP contribution in [0.2, 0.25) is 0 Å². The number of aliphatic imine (C=N–C) groups is 1. The third-order valence-electron chi connectivity index (χ3n) is 3.36. The van der Waals surface area contributed by atoms with Crippen LogP contribution in [0.15, 0.2) is 58.0 Å². The van der Waals surface area contributed by atoms with Crippen LogP contribution in [0.5, 0.6) is 5.75 Å². The van der Waals surface area contributed by atoms with Crippen molar-refractivity contribution < 1.29 is 14.7 Å². The number of phenols is 1. The maximum Gasteiger partial charge on any atom is 0.240 e. The summed E-state index contributed by atoms with van der Waals surface area (Å²) in [4.78, 5) is 28.4. The Labute approximate surface area is 156 Å². The van der Waals surface area contributed by atoms with E-state index in [-0.39, 0.29) is 24.0 Å². The molecule has 3 rings (SSSR count). The van der Waals surface area contributed by atoms with E-state index in [1.165, 1.54) is 23.9 Å². The van der Waals surface area contributed by atoms with Crippen molar-refractivity contribution in [1.82, 2.24) is 5.32 Å². The second-order valence-corrected chi connectivity index (χ2v) is 7.40. The number of aromatic hydroxyl groups is 1. The Morgan fingerprint density at radius 2 is 1.88 bits per heavy atom. The van der Waals surface area contributed by atoms with Crippen LogP contribution in [0.1, 0.15) is 6.42 Å². The molecule has 1 atom stereocenters. The molecular formula is C17H14BrN3O3S. The summed E-state index contributed by atoms with van der Waals surface area (Å²) in [5.41, 5.74) is 1.29. The monoisotopic (exact) mass is 419 g/mol. The van der Waals surface area contributed by atoms with E-state index in [0.29, 0.717) is 16.5 Å². The van der Waals surface area contributed by atoms with Gasteiger partial charge in [0, 0.05) is 16.6 Å². The Morgan fingerprint density at radius 3 is 2.56 bits per heavy atom. The molecule has 1 fully saturated rings. The van der Waals surface area contributed by atoms with E-state index in [4.69, 9.17) is 0 Å². The highest BCUT2D eigenvalue weighted by molar-refractivity contribution is 9.10. The number of carbonyl (C=O) groups excluding carboxylic acids is 2. The van der Waals surface area contributed by atoms with Gasteiger partial charge in [0.1, 0.15) is 11.0 Å². The minimum absolute atomic E-state index is 0.0567. The highest BCUT2D eigenvalue weighted by atomic mass is 79.9. The number of rotatable bonds is 4. The van der Waals surface area contributed by atoms with Crippen LogP contribution in [0, 0.1) is 0 Å². The van der Waals surface area contributed by atoms with Gasteiger partial charge in [0.05, 0.1) is 5.69 Å². The van der Waals surface area contributed by atoms with Crippen LogP contribution in [0.25, 0.3) is 0 Å². The molecule has 3 N–H and O–H groups in total. The topological polar surface area (TPSA) is 90.8 Å². The number of amides is 2. The van der Waals surface area contributed by atoms with E-state index < -0.39 is 5.25 Å². The molecule has 0 saturated carbocycles. The first-order valence-electron chi connectivity index (χ1n) is 7.40. The summed E-state index contributed by atoms with van der Waals surface area (Å²) in [5.74, 6) is -0.330. The van der Waals surface area contributed by atoms with E-state index in [9.17, 15) is 14.7 Å². The standard InChI is InChI=1S/C17H14BrN3O3S/c18-10-1-3-11(4-2-10)19-15(23)9-14-16(24)21-17(25-14)20-12-5-7-13(22)8-6-12/h1-8,14,22H,9H2,(H,19,23)(H,20,21,24)/t14-/m1/s1. The Bertz CT molecular complexity index is 822. The first-order chi connectivity index (χ1) is 12.0. The molecule has 1 saturated heterocycles.